The van der Waals surface area contributed by atoms with Gasteiger partial charge in [0.15, 0.2) is 5.96 Å². The molecule has 128 valence electrons. The molecule has 1 unspecified atom stereocenters. The highest BCUT2D eigenvalue weighted by Gasteiger charge is 2.42. The van der Waals surface area contributed by atoms with E-state index in [9.17, 15) is 0 Å². The molecule has 3 rings (SSSR count). The van der Waals surface area contributed by atoms with Crippen LogP contribution in [0.1, 0.15) is 45.4 Å². The molecule has 0 bridgehead atoms. The van der Waals surface area contributed by atoms with Gasteiger partial charge in [-0.25, -0.2) is 0 Å². The summed E-state index contributed by atoms with van der Waals surface area (Å²) in [6, 6.07) is 0. The monoisotopic (exact) mass is 421 g/mol. The summed E-state index contributed by atoms with van der Waals surface area (Å²) in [4.78, 5) is 6.96. The topological polar surface area (TPSA) is 36.9 Å². The molecule has 1 saturated carbocycles. The van der Waals surface area contributed by atoms with Gasteiger partial charge in [0.25, 0.3) is 0 Å². The normalized spacial score (nSPS) is 35.7. The van der Waals surface area contributed by atoms with Crippen LogP contribution in [0.15, 0.2) is 4.99 Å². The molecule has 1 spiro atoms. The quantitative estimate of drug-likeness (QED) is 0.423. The summed E-state index contributed by atoms with van der Waals surface area (Å²) in [6.45, 7) is 7.62. The van der Waals surface area contributed by atoms with E-state index in [1.807, 2.05) is 7.05 Å². The third kappa shape index (κ3) is 4.28. The molecule has 0 aromatic rings. The first-order valence-corrected chi connectivity index (χ1v) is 8.74. The Morgan fingerprint density at radius 1 is 1.27 bits per heavy atom. The maximum Gasteiger partial charge on any atom is 0.193 e. The van der Waals surface area contributed by atoms with E-state index in [-0.39, 0.29) is 24.0 Å². The van der Waals surface area contributed by atoms with Crippen LogP contribution in [0, 0.1) is 17.3 Å². The van der Waals surface area contributed by atoms with Crippen molar-refractivity contribution < 1.29 is 4.74 Å². The molecule has 2 heterocycles. The fourth-order valence-electron chi connectivity index (χ4n) is 4.19. The number of hydrogen-bond donors (Lipinski definition) is 1. The molecule has 0 radical (unpaired) electrons. The zero-order valence-corrected chi connectivity index (χ0v) is 16.5. The Labute approximate surface area is 152 Å². The molecule has 1 N–H and O–H groups in total. The molecule has 4 nitrogen and oxygen atoms in total. The molecular formula is C17H32IN3O. The first-order valence-electron chi connectivity index (χ1n) is 8.74. The molecule has 3 fully saturated rings. The highest BCUT2D eigenvalue weighted by atomic mass is 127. The fraction of sp³-hybridized carbons (Fsp3) is 0.941. The molecule has 2 aliphatic heterocycles. The van der Waals surface area contributed by atoms with Crippen LogP contribution >= 0.6 is 24.0 Å². The van der Waals surface area contributed by atoms with Gasteiger partial charge in [-0.05, 0) is 37.5 Å². The molecule has 0 aromatic carbocycles. The standard InChI is InChI=1S/C17H31N3O.HI/c1-14-3-5-15(6-4-14)11-19-16(18-2)20-9-7-17(12-20)8-10-21-13-17;/h14-15H,3-13H2,1-2H3,(H,18,19);1H. The van der Waals surface area contributed by atoms with E-state index < -0.39 is 0 Å². The predicted molar refractivity (Wildman–Crippen MR) is 102 cm³/mol. The lowest BCUT2D eigenvalue weighted by molar-refractivity contribution is 0.156. The lowest BCUT2D eigenvalue weighted by Gasteiger charge is -2.29. The third-order valence-electron chi connectivity index (χ3n) is 5.82. The Morgan fingerprint density at radius 2 is 2.05 bits per heavy atom. The van der Waals surface area contributed by atoms with Crippen molar-refractivity contribution in [3.05, 3.63) is 0 Å². The second-order valence-electron chi connectivity index (χ2n) is 7.53. The summed E-state index contributed by atoms with van der Waals surface area (Å²) >= 11 is 0. The van der Waals surface area contributed by atoms with Crippen LogP contribution in [0.4, 0.5) is 0 Å². The van der Waals surface area contributed by atoms with E-state index >= 15 is 0 Å². The van der Waals surface area contributed by atoms with E-state index in [0.29, 0.717) is 5.41 Å². The Hall–Kier alpha value is -0.0400. The molecule has 0 amide bonds. The lowest BCUT2D eigenvalue weighted by Crippen LogP contribution is -2.43. The number of nitrogens with zero attached hydrogens (tertiary/aromatic N) is 2. The first-order chi connectivity index (χ1) is 10.2. The van der Waals surface area contributed by atoms with Crippen LogP contribution < -0.4 is 5.32 Å². The van der Waals surface area contributed by atoms with Crippen molar-refractivity contribution in [1.29, 1.82) is 0 Å². The number of rotatable bonds is 2. The van der Waals surface area contributed by atoms with E-state index in [1.54, 1.807) is 0 Å². The molecule has 22 heavy (non-hydrogen) atoms. The van der Waals surface area contributed by atoms with Crippen LogP contribution in [0.5, 0.6) is 0 Å². The zero-order valence-electron chi connectivity index (χ0n) is 14.1. The van der Waals surface area contributed by atoms with E-state index in [1.165, 1.54) is 38.5 Å². The van der Waals surface area contributed by atoms with Gasteiger partial charge in [0, 0.05) is 38.7 Å². The summed E-state index contributed by atoms with van der Waals surface area (Å²) in [5.41, 5.74) is 0.415. The second-order valence-corrected chi connectivity index (χ2v) is 7.53. The zero-order chi connectivity index (χ0) is 14.7. The number of halogens is 1. The van der Waals surface area contributed by atoms with Crippen molar-refractivity contribution in [2.24, 2.45) is 22.2 Å². The SMILES string of the molecule is CN=C(NCC1CCC(C)CC1)N1CCC2(CCOC2)C1.I. The smallest absolute Gasteiger partial charge is 0.193 e. The van der Waals surface area contributed by atoms with Gasteiger partial charge >= 0.3 is 0 Å². The second kappa shape index (κ2) is 8.18. The largest absolute Gasteiger partial charge is 0.381 e. The highest BCUT2D eigenvalue weighted by molar-refractivity contribution is 14.0. The van der Waals surface area contributed by atoms with E-state index in [4.69, 9.17) is 4.74 Å². The van der Waals surface area contributed by atoms with Crippen LogP contribution in [0.2, 0.25) is 0 Å². The van der Waals surface area contributed by atoms with Crippen LogP contribution in [0.3, 0.4) is 0 Å². The van der Waals surface area contributed by atoms with Gasteiger partial charge < -0.3 is 15.0 Å². The minimum Gasteiger partial charge on any atom is -0.381 e. The third-order valence-corrected chi connectivity index (χ3v) is 5.82. The van der Waals surface area contributed by atoms with E-state index in [0.717, 1.165) is 50.6 Å². The summed E-state index contributed by atoms with van der Waals surface area (Å²) in [5.74, 6) is 2.88. The van der Waals surface area contributed by atoms with E-state index in [2.05, 4.69) is 22.1 Å². The van der Waals surface area contributed by atoms with Crippen molar-refractivity contribution >= 4 is 29.9 Å². The number of aliphatic imine (C=N–C) groups is 1. The average Bonchev–Trinajstić information content (AvgIpc) is 3.13. The maximum atomic E-state index is 5.62. The molecule has 1 aliphatic carbocycles. The summed E-state index contributed by atoms with van der Waals surface area (Å²) in [6.07, 6.45) is 8.03. The number of hydrogen-bond acceptors (Lipinski definition) is 2. The summed E-state index contributed by atoms with van der Waals surface area (Å²) < 4.78 is 5.62. The van der Waals surface area contributed by atoms with Crippen LogP contribution in [0.25, 0.3) is 0 Å². The van der Waals surface area contributed by atoms with Gasteiger partial charge in [-0.15, -0.1) is 24.0 Å². The first kappa shape index (κ1) is 18.3. The van der Waals surface area contributed by atoms with Gasteiger partial charge in [0.1, 0.15) is 0 Å². The average molecular weight is 421 g/mol. The van der Waals surface area contributed by atoms with Gasteiger partial charge in [0.05, 0.1) is 6.61 Å². The lowest BCUT2D eigenvalue weighted by atomic mass is 9.83. The van der Waals surface area contributed by atoms with Crippen molar-refractivity contribution in [2.75, 3.05) is 39.9 Å². The number of likely N-dealkylation sites (tertiary alicyclic amines) is 1. The number of nitrogens with one attached hydrogen (secondary N) is 1. The Balaban J connectivity index is 0.00000176. The predicted octanol–water partition coefficient (Wildman–Crippen LogP) is 3.12. The molecular weight excluding hydrogens is 389 g/mol. The van der Waals surface area contributed by atoms with Crippen LogP contribution in [-0.4, -0.2) is 50.8 Å². The van der Waals surface area contributed by atoms with Gasteiger partial charge in [-0.2, -0.15) is 0 Å². The van der Waals surface area contributed by atoms with Crippen LogP contribution in [-0.2, 0) is 4.74 Å². The van der Waals surface area contributed by atoms with Gasteiger partial charge in [-0.3, -0.25) is 4.99 Å². The Bertz CT molecular complexity index is 374. The van der Waals surface area contributed by atoms with Crippen molar-refractivity contribution in [2.45, 2.75) is 45.4 Å². The highest BCUT2D eigenvalue weighted by Crippen LogP contribution is 2.38. The molecule has 5 heteroatoms. The van der Waals surface area contributed by atoms with Crippen molar-refractivity contribution in [3.8, 4) is 0 Å². The number of ether oxygens (including phenoxy) is 1. The van der Waals surface area contributed by atoms with Crippen molar-refractivity contribution in [3.63, 3.8) is 0 Å². The number of guanidine groups is 1. The molecule has 1 atom stereocenters. The summed E-state index contributed by atoms with van der Waals surface area (Å²) in [5, 5.41) is 3.64. The molecule has 2 saturated heterocycles. The Kier molecular flexibility index (Phi) is 6.80. The molecule has 0 aromatic heterocycles. The van der Waals surface area contributed by atoms with Gasteiger partial charge in [-0.1, -0.05) is 19.8 Å². The van der Waals surface area contributed by atoms with Crippen molar-refractivity contribution in [1.82, 2.24) is 10.2 Å². The minimum atomic E-state index is 0. The maximum absolute atomic E-state index is 5.62. The minimum absolute atomic E-state index is 0. The Morgan fingerprint density at radius 3 is 2.68 bits per heavy atom. The fourth-order valence-corrected chi connectivity index (χ4v) is 4.19. The summed E-state index contributed by atoms with van der Waals surface area (Å²) in [7, 11) is 1.92. The molecule has 3 aliphatic rings. The van der Waals surface area contributed by atoms with Gasteiger partial charge in [0.2, 0.25) is 0 Å².